The van der Waals surface area contributed by atoms with E-state index in [2.05, 4.69) is 72.5 Å². The van der Waals surface area contributed by atoms with Crippen molar-refractivity contribution in [2.45, 2.75) is 108 Å². The second-order valence-corrected chi connectivity index (χ2v) is 22.6. The first-order chi connectivity index (χ1) is 29.8. The van der Waals surface area contributed by atoms with Crippen LogP contribution in [0.25, 0.3) is 0 Å². The van der Waals surface area contributed by atoms with Gasteiger partial charge in [0.1, 0.15) is 5.54 Å². The lowest BCUT2D eigenvalue weighted by Gasteiger charge is -2.39. The number of piperidine rings is 1. The molecule has 3 aromatic carbocycles. The Labute approximate surface area is 367 Å². The van der Waals surface area contributed by atoms with E-state index in [-0.39, 0.29) is 35.8 Å². The zero-order chi connectivity index (χ0) is 43.8. The van der Waals surface area contributed by atoms with Crippen LogP contribution < -0.4 is 20.0 Å². The van der Waals surface area contributed by atoms with Crippen molar-refractivity contribution >= 4 is 37.2 Å². The molecule has 3 N–H and O–H groups in total. The fraction of sp³-hybridized carbons (Fsp3) is 0.469. The summed E-state index contributed by atoms with van der Waals surface area (Å²) in [5, 5.41) is 22.7. The van der Waals surface area contributed by atoms with Gasteiger partial charge in [-0.25, -0.2) is 0 Å². The van der Waals surface area contributed by atoms with Crippen LogP contribution in [0.1, 0.15) is 82.5 Å². The Morgan fingerprint density at radius 2 is 1.68 bits per heavy atom. The molecule has 3 saturated heterocycles. The van der Waals surface area contributed by atoms with Crippen molar-refractivity contribution in [3.05, 3.63) is 125 Å². The lowest BCUT2D eigenvalue weighted by Crippen LogP contribution is -2.55. The first kappa shape index (κ1) is 43.7. The summed E-state index contributed by atoms with van der Waals surface area (Å²) >= 11 is 0. The zero-order valence-corrected chi connectivity index (χ0v) is 38.1. The van der Waals surface area contributed by atoms with E-state index >= 15 is 4.79 Å². The van der Waals surface area contributed by atoms with Gasteiger partial charge in [0.05, 0.1) is 36.7 Å². The largest absolute Gasteiger partial charge is 0.432 e. The maximum Gasteiger partial charge on any atom is 0.264 e. The quantitative estimate of drug-likeness (QED) is 0.0885. The molecule has 0 radical (unpaired) electrons. The standard InChI is InChI=1S/C49H63N7O5Si/c1-34(2)14-13-15-35(3)22-29-54-43-21-20-39(55-33-56(38-18-11-8-12-19-38)48(46(55)58)24-26-50-27-25-48)30-41(43)49(47(54)59)36(4)45(62(5,6)60)44(61-49)23-28-53-31-42(51-52-53)40(32-57)37-16-9-7-10-17-37/h7-12,14,16-22,30-31,36,40,44-45,50,57,60H,13,15,23-29,32-33H2,1-6H3/b35-22+/t36-,40?,44+,45-,49+/m0/s1. The van der Waals surface area contributed by atoms with Crippen molar-refractivity contribution in [2.75, 3.05) is 47.6 Å². The van der Waals surface area contributed by atoms with Crippen molar-refractivity contribution in [1.29, 1.82) is 0 Å². The Morgan fingerprint density at radius 1 is 0.968 bits per heavy atom. The van der Waals surface area contributed by atoms with Crippen molar-refractivity contribution in [2.24, 2.45) is 5.92 Å². The Bertz CT molecular complexity index is 2300. The van der Waals surface area contributed by atoms with Crippen LogP contribution in [0.2, 0.25) is 18.6 Å². The number of aliphatic hydroxyl groups excluding tert-OH is 1. The number of carbonyl (C=O) groups excluding carboxylic acids is 2. The molecular weight excluding hydrogens is 795 g/mol. The molecule has 3 fully saturated rings. The van der Waals surface area contributed by atoms with Crippen LogP contribution in [0.5, 0.6) is 0 Å². The first-order valence-electron chi connectivity index (χ1n) is 22.4. The first-order valence-corrected chi connectivity index (χ1v) is 25.4. The number of fused-ring (bicyclic) bond motifs is 2. The Balaban J connectivity index is 1.15. The third-order valence-corrected chi connectivity index (χ3v) is 16.4. The minimum atomic E-state index is -2.97. The number of aliphatic hydroxyl groups is 1. The van der Waals surface area contributed by atoms with E-state index in [0.29, 0.717) is 44.7 Å². The molecular formula is C49H63N7O5Si. The van der Waals surface area contributed by atoms with Gasteiger partial charge < -0.3 is 29.8 Å². The number of ether oxygens (including phenoxy) is 1. The van der Waals surface area contributed by atoms with Gasteiger partial charge in [0, 0.05) is 47.7 Å². The summed E-state index contributed by atoms with van der Waals surface area (Å²) in [4.78, 5) is 48.3. The monoisotopic (exact) mass is 857 g/mol. The fourth-order valence-corrected chi connectivity index (χ4v) is 13.3. The number of aryl methyl sites for hydroxylation is 1. The number of hydrogen-bond donors (Lipinski definition) is 3. The van der Waals surface area contributed by atoms with Gasteiger partial charge >= 0.3 is 0 Å². The number of aromatic nitrogens is 3. The maximum atomic E-state index is 15.4. The van der Waals surface area contributed by atoms with Crippen molar-refractivity contribution in [3.8, 4) is 0 Å². The molecule has 1 unspecified atom stereocenters. The summed E-state index contributed by atoms with van der Waals surface area (Å²) in [6.07, 6.45) is 9.49. The highest BCUT2D eigenvalue weighted by Gasteiger charge is 2.66. The molecule has 2 spiro atoms. The van der Waals surface area contributed by atoms with Gasteiger partial charge in [0.25, 0.3) is 11.8 Å². The number of nitrogens with one attached hydrogen (secondary N) is 1. The number of anilines is 3. The van der Waals surface area contributed by atoms with Gasteiger partial charge in [0.2, 0.25) is 0 Å². The summed E-state index contributed by atoms with van der Waals surface area (Å²) in [5.74, 6) is -0.753. The predicted molar refractivity (Wildman–Crippen MR) is 247 cm³/mol. The summed E-state index contributed by atoms with van der Waals surface area (Å²) < 4.78 is 9.04. The summed E-state index contributed by atoms with van der Waals surface area (Å²) in [7, 11) is -2.97. The second-order valence-electron chi connectivity index (χ2n) is 18.6. The number of para-hydroxylation sites is 1. The van der Waals surface area contributed by atoms with E-state index in [4.69, 9.17) is 4.74 Å². The number of carbonyl (C=O) groups is 2. The molecule has 4 aliphatic rings. The normalized spacial score (nSPS) is 24.1. The summed E-state index contributed by atoms with van der Waals surface area (Å²) in [6, 6.07) is 26.0. The van der Waals surface area contributed by atoms with Crippen molar-refractivity contribution < 1.29 is 24.2 Å². The molecule has 62 heavy (non-hydrogen) atoms. The Hall–Kier alpha value is -4.92. The Kier molecular flexibility index (Phi) is 12.5. The van der Waals surface area contributed by atoms with Crippen LogP contribution in [0.3, 0.4) is 0 Å². The molecule has 13 heteroatoms. The molecule has 0 bridgehead atoms. The van der Waals surface area contributed by atoms with E-state index in [1.165, 1.54) is 11.1 Å². The fourth-order valence-electron chi connectivity index (χ4n) is 10.7. The number of nitrogens with zero attached hydrogens (tertiary/aromatic N) is 6. The minimum absolute atomic E-state index is 0.0656. The minimum Gasteiger partial charge on any atom is -0.432 e. The van der Waals surface area contributed by atoms with E-state index < -0.39 is 25.6 Å². The van der Waals surface area contributed by atoms with Gasteiger partial charge in [-0.3, -0.25) is 19.2 Å². The number of hydrogen-bond acceptors (Lipinski definition) is 9. The molecule has 4 aliphatic heterocycles. The molecule has 12 nitrogen and oxygen atoms in total. The lowest BCUT2D eigenvalue weighted by atomic mass is 9.82. The highest BCUT2D eigenvalue weighted by molar-refractivity contribution is 6.71. The van der Waals surface area contributed by atoms with Gasteiger partial charge in [-0.1, -0.05) is 84.0 Å². The molecule has 2 amide bonds. The van der Waals surface area contributed by atoms with E-state index in [1.54, 1.807) is 4.68 Å². The lowest BCUT2D eigenvalue weighted by molar-refractivity contribution is -0.145. The number of benzene rings is 3. The van der Waals surface area contributed by atoms with Crippen molar-refractivity contribution in [1.82, 2.24) is 20.3 Å². The maximum absolute atomic E-state index is 15.4. The van der Waals surface area contributed by atoms with Crippen molar-refractivity contribution in [3.63, 3.8) is 0 Å². The molecule has 1 aromatic heterocycles. The molecule has 8 rings (SSSR count). The molecule has 0 saturated carbocycles. The third-order valence-electron chi connectivity index (χ3n) is 13.9. The molecule has 4 aromatic rings. The van der Waals surface area contributed by atoms with Crippen LogP contribution in [0.4, 0.5) is 17.1 Å². The summed E-state index contributed by atoms with van der Waals surface area (Å²) in [6.45, 7) is 14.9. The van der Waals surface area contributed by atoms with Gasteiger partial charge in [-0.15, -0.1) is 5.10 Å². The zero-order valence-electron chi connectivity index (χ0n) is 37.1. The smallest absolute Gasteiger partial charge is 0.264 e. The topological polar surface area (TPSA) is 136 Å². The molecule has 5 atom stereocenters. The predicted octanol–water partition coefficient (Wildman–Crippen LogP) is 7.26. The molecule has 0 aliphatic carbocycles. The van der Waals surface area contributed by atoms with Gasteiger partial charge in [-0.05, 0) is 115 Å². The Morgan fingerprint density at radius 3 is 2.35 bits per heavy atom. The van der Waals surface area contributed by atoms with E-state index in [0.717, 1.165) is 54.1 Å². The second kappa shape index (κ2) is 17.7. The summed E-state index contributed by atoms with van der Waals surface area (Å²) in [5.41, 5.74) is 5.03. The van der Waals surface area contributed by atoms with Crippen LogP contribution in [-0.4, -0.2) is 89.6 Å². The molecule has 328 valence electrons. The highest BCUT2D eigenvalue weighted by Crippen LogP contribution is 2.60. The number of allylic oxidation sites excluding steroid dienone is 3. The molecule has 5 heterocycles. The SMILES string of the molecule is CC(C)=CCC/C(C)=C/CN1C(=O)[C@]2(O[C@H](CCn3cc(C(CO)c4ccccc4)nn3)[C@@H]([Si](C)(C)O)[C@@H]2C)c2cc(N3CN(c4ccccc4)C4(CCNCC4)C3=O)ccc21. The van der Waals surface area contributed by atoms with Crippen LogP contribution >= 0.6 is 0 Å². The van der Waals surface area contributed by atoms with E-state index in [9.17, 15) is 14.7 Å². The number of rotatable bonds is 14. The van der Waals surface area contributed by atoms with Crippen LogP contribution in [-0.2, 0) is 26.5 Å². The third kappa shape index (κ3) is 7.98. The van der Waals surface area contributed by atoms with Gasteiger partial charge in [0.15, 0.2) is 13.9 Å². The van der Waals surface area contributed by atoms with Crippen LogP contribution in [0, 0.1) is 5.92 Å². The average Bonchev–Trinajstić information content (AvgIpc) is 3.98. The number of amides is 2. The highest BCUT2D eigenvalue weighted by atomic mass is 28.4. The van der Waals surface area contributed by atoms with E-state index in [1.807, 2.05) is 95.8 Å². The van der Waals surface area contributed by atoms with Gasteiger partial charge in [-0.2, -0.15) is 0 Å². The average molecular weight is 858 g/mol. The van der Waals surface area contributed by atoms with Crippen LogP contribution in [0.15, 0.2) is 108 Å².